The maximum atomic E-state index is 13.8. The number of nitrogens with one attached hydrogen (secondary N) is 1. The first-order valence-corrected chi connectivity index (χ1v) is 10.1. The summed E-state index contributed by atoms with van der Waals surface area (Å²) < 4.78 is 19.0. The molecule has 0 saturated heterocycles. The minimum Gasteiger partial charge on any atom is -0.497 e. The van der Waals surface area contributed by atoms with Crippen molar-refractivity contribution in [2.24, 2.45) is 0 Å². The van der Waals surface area contributed by atoms with Gasteiger partial charge in [0.05, 0.1) is 12.7 Å². The van der Waals surface area contributed by atoms with Crippen LogP contribution in [0.3, 0.4) is 0 Å². The molecule has 0 spiro atoms. The van der Waals surface area contributed by atoms with E-state index >= 15 is 0 Å². The summed E-state index contributed by atoms with van der Waals surface area (Å²) in [6.45, 7) is 2.25. The first-order chi connectivity index (χ1) is 15.0. The lowest BCUT2D eigenvalue weighted by atomic mass is 10.1. The Morgan fingerprint density at radius 1 is 1.10 bits per heavy atom. The second-order valence-corrected chi connectivity index (χ2v) is 7.58. The van der Waals surface area contributed by atoms with E-state index in [-0.39, 0.29) is 24.1 Å². The molecule has 1 heterocycles. The number of amides is 2. The number of carbonyl (C=O) groups is 2. The van der Waals surface area contributed by atoms with Crippen molar-refractivity contribution in [3.8, 4) is 5.75 Å². The average molecular weight is 418 g/mol. The van der Waals surface area contributed by atoms with Gasteiger partial charge in [0.2, 0.25) is 0 Å². The van der Waals surface area contributed by atoms with Gasteiger partial charge in [-0.2, -0.15) is 0 Å². The van der Waals surface area contributed by atoms with Gasteiger partial charge in [0.1, 0.15) is 11.6 Å². The molecule has 158 valence electrons. The van der Waals surface area contributed by atoms with Crippen LogP contribution in [-0.4, -0.2) is 25.0 Å². The number of hydrogen-bond donors (Lipinski definition) is 1. The molecular formula is C25H23FN2O3. The average Bonchev–Trinajstić information content (AvgIpc) is 3.12. The number of rotatable bonds is 5. The Labute approximate surface area is 180 Å². The predicted molar refractivity (Wildman–Crippen MR) is 117 cm³/mol. The van der Waals surface area contributed by atoms with E-state index in [1.54, 1.807) is 48.4 Å². The number of nitrogens with zero attached hydrogens (tertiary/aromatic N) is 1. The highest BCUT2D eigenvalue weighted by Crippen LogP contribution is 2.34. The number of halogens is 1. The van der Waals surface area contributed by atoms with Crippen LogP contribution in [0.15, 0.2) is 66.7 Å². The van der Waals surface area contributed by atoms with E-state index in [2.05, 4.69) is 5.32 Å². The van der Waals surface area contributed by atoms with Crippen molar-refractivity contribution >= 4 is 17.5 Å². The molecule has 6 heteroatoms. The Hall–Kier alpha value is -3.67. The highest BCUT2D eigenvalue weighted by atomic mass is 19.1. The third-order valence-electron chi connectivity index (χ3n) is 5.49. The van der Waals surface area contributed by atoms with E-state index < -0.39 is 11.7 Å². The number of benzene rings is 3. The normalized spacial score (nSPS) is 14.8. The van der Waals surface area contributed by atoms with Crippen molar-refractivity contribution in [2.45, 2.75) is 25.9 Å². The molecule has 1 unspecified atom stereocenters. The zero-order valence-electron chi connectivity index (χ0n) is 17.4. The quantitative estimate of drug-likeness (QED) is 0.670. The minimum atomic E-state index is -0.556. The minimum absolute atomic E-state index is 0.00796. The van der Waals surface area contributed by atoms with Crippen LogP contribution in [0.4, 0.5) is 10.1 Å². The van der Waals surface area contributed by atoms with E-state index in [0.29, 0.717) is 11.3 Å². The second-order valence-electron chi connectivity index (χ2n) is 7.58. The van der Waals surface area contributed by atoms with Gasteiger partial charge >= 0.3 is 0 Å². The molecule has 3 aromatic carbocycles. The van der Waals surface area contributed by atoms with Crippen LogP contribution in [0.2, 0.25) is 0 Å². The highest BCUT2D eigenvalue weighted by molar-refractivity contribution is 6.07. The highest BCUT2D eigenvalue weighted by Gasteiger charge is 2.31. The fourth-order valence-electron chi connectivity index (χ4n) is 3.87. The van der Waals surface area contributed by atoms with E-state index in [1.807, 2.05) is 25.1 Å². The molecule has 1 atom stereocenters. The molecule has 2 amide bonds. The van der Waals surface area contributed by atoms with Crippen LogP contribution in [0, 0.1) is 5.82 Å². The molecule has 1 aliphatic heterocycles. The van der Waals surface area contributed by atoms with Gasteiger partial charge in [-0.1, -0.05) is 24.3 Å². The topological polar surface area (TPSA) is 58.6 Å². The fourth-order valence-corrected chi connectivity index (χ4v) is 3.87. The van der Waals surface area contributed by atoms with Gasteiger partial charge in [-0.05, 0) is 66.9 Å². The van der Waals surface area contributed by atoms with Crippen molar-refractivity contribution in [3.63, 3.8) is 0 Å². The molecular weight excluding hydrogens is 395 g/mol. The zero-order valence-corrected chi connectivity index (χ0v) is 17.4. The van der Waals surface area contributed by atoms with Gasteiger partial charge in [-0.3, -0.25) is 9.59 Å². The molecule has 3 aromatic rings. The first-order valence-electron chi connectivity index (χ1n) is 10.1. The molecule has 5 nitrogen and oxygen atoms in total. The number of hydrogen-bond acceptors (Lipinski definition) is 3. The standard InChI is InChI=1S/C25H23FN2O3/c1-16-13-19-8-7-17(15-27-24(29)21-5-3-4-6-22(21)26)14-23(19)28(16)25(30)18-9-11-20(31-2)12-10-18/h3-12,14,16H,13,15H2,1-2H3,(H,27,29). The third-order valence-corrected chi connectivity index (χ3v) is 5.49. The molecule has 0 saturated carbocycles. The van der Waals surface area contributed by atoms with Gasteiger partial charge in [-0.25, -0.2) is 4.39 Å². The number of ether oxygens (including phenoxy) is 1. The van der Waals surface area contributed by atoms with Crippen molar-refractivity contribution in [1.29, 1.82) is 0 Å². The Balaban J connectivity index is 1.53. The summed E-state index contributed by atoms with van der Waals surface area (Å²) in [7, 11) is 1.59. The summed E-state index contributed by atoms with van der Waals surface area (Å²) in [6, 6.07) is 18.8. The van der Waals surface area contributed by atoms with Crippen LogP contribution >= 0.6 is 0 Å². The number of carbonyl (C=O) groups excluding carboxylic acids is 2. The summed E-state index contributed by atoms with van der Waals surface area (Å²) in [5, 5.41) is 2.75. The zero-order chi connectivity index (χ0) is 22.0. The Morgan fingerprint density at radius 2 is 1.84 bits per heavy atom. The molecule has 1 N–H and O–H groups in total. The summed E-state index contributed by atoms with van der Waals surface area (Å²) in [5.41, 5.74) is 3.35. The maximum Gasteiger partial charge on any atom is 0.258 e. The summed E-state index contributed by atoms with van der Waals surface area (Å²) in [5.74, 6) is -0.419. The van der Waals surface area contributed by atoms with Crippen molar-refractivity contribution < 1.29 is 18.7 Å². The van der Waals surface area contributed by atoms with Crippen LogP contribution in [0.1, 0.15) is 38.8 Å². The Morgan fingerprint density at radius 3 is 2.55 bits per heavy atom. The van der Waals surface area contributed by atoms with Gasteiger partial charge in [0.25, 0.3) is 11.8 Å². The molecule has 0 aromatic heterocycles. The first kappa shape index (κ1) is 20.6. The van der Waals surface area contributed by atoms with Crippen molar-refractivity contribution in [3.05, 3.63) is 94.8 Å². The summed E-state index contributed by atoms with van der Waals surface area (Å²) in [4.78, 5) is 27.3. The van der Waals surface area contributed by atoms with E-state index in [0.717, 1.165) is 23.2 Å². The van der Waals surface area contributed by atoms with Crippen LogP contribution < -0.4 is 15.0 Å². The lowest BCUT2D eigenvalue weighted by Gasteiger charge is -2.23. The molecule has 0 bridgehead atoms. The van der Waals surface area contributed by atoms with Crippen LogP contribution in [0.25, 0.3) is 0 Å². The SMILES string of the molecule is COc1ccc(C(=O)N2c3cc(CNC(=O)c4ccccc4F)ccc3CC2C)cc1. The smallest absolute Gasteiger partial charge is 0.258 e. The molecule has 1 aliphatic rings. The molecule has 4 rings (SSSR count). The van der Waals surface area contributed by atoms with Crippen molar-refractivity contribution in [1.82, 2.24) is 5.32 Å². The molecule has 0 aliphatic carbocycles. The van der Waals surface area contributed by atoms with Gasteiger partial charge in [0.15, 0.2) is 0 Å². The summed E-state index contributed by atoms with van der Waals surface area (Å²) >= 11 is 0. The van der Waals surface area contributed by atoms with Crippen LogP contribution in [0.5, 0.6) is 5.75 Å². The molecule has 0 fully saturated rings. The molecule has 31 heavy (non-hydrogen) atoms. The fraction of sp³-hybridized carbons (Fsp3) is 0.200. The maximum absolute atomic E-state index is 13.8. The van der Waals surface area contributed by atoms with Gasteiger partial charge in [-0.15, -0.1) is 0 Å². The van der Waals surface area contributed by atoms with E-state index in [9.17, 15) is 14.0 Å². The van der Waals surface area contributed by atoms with Gasteiger partial charge < -0.3 is 15.0 Å². The largest absolute Gasteiger partial charge is 0.497 e. The van der Waals surface area contributed by atoms with Gasteiger partial charge in [0, 0.05) is 23.8 Å². The number of fused-ring (bicyclic) bond motifs is 1. The second kappa shape index (κ2) is 8.60. The Kier molecular flexibility index (Phi) is 5.71. The summed E-state index contributed by atoms with van der Waals surface area (Å²) in [6.07, 6.45) is 0.763. The Bertz CT molecular complexity index is 1130. The number of anilines is 1. The number of methoxy groups -OCH3 is 1. The third kappa shape index (κ3) is 4.14. The van der Waals surface area contributed by atoms with E-state index in [4.69, 9.17) is 4.74 Å². The predicted octanol–water partition coefficient (Wildman–Crippen LogP) is 4.36. The lowest BCUT2D eigenvalue weighted by molar-refractivity contribution is 0.0944. The van der Waals surface area contributed by atoms with Crippen LogP contribution in [-0.2, 0) is 13.0 Å². The van der Waals surface area contributed by atoms with E-state index in [1.165, 1.54) is 12.1 Å². The monoisotopic (exact) mass is 418 g/mol. The molecule has 0 radical (unpaired) electrons. The van der Waals surface area contributed by atoms with Crippen molar-refractivity contribution in [2.75, 3.05) is 12.0 Å². The lowest BCUT2D eigenvalue weighted by Crippen LogP contribution is -2.35.